The molecular formula is C8H7F2IN2O2. The van der Waals surface area contributed by atoms with Gasteiger partial charge in [-0.3, -0.25) is 4.79 Å². The minimum Gasteiger partial charge on any atom is -0.496 e. The van der Waals surface area contributed by atoms with E-state index < -0.39 is 18.0 Å². The zero-order chi connectivity index (χ0) is 11.6. The molecule has 0 saturated heterocycles. The molecule has 2 N–H and O–H groups in total. The van der Waals surface area contributed by atoms with E-state index in [9.17, 15) is 13.6 Å². The first kappa shape index (κ1) is 12.1. The summed E-state index contributed by atoms with van der Waals surface area (Å²) >= 11 is 1.75. The molecule has 0 aromatic carbocycles. The highest BCUT2D eigenvalue weighted by Crippen LogP contribution is 2.29. The lowest BCUT2D eigenvalue weighted by molar-refractivity contribution is 0.0978. The van der Waals surface area contributed by atoms with Crippen LogP contribution in [0.5, 0.6) is 5.75 Å². The van der Waals surface area contributed by atoms with E-state index >= 15 is 0 Å². The summed E-state index contributed by atoms with van der Waals surface area (Å²) in [6.45, 7) is 0. The number of amides is 1. The molecule has 0 saturated carbocycles. The van der Waals surface area contributed by atoms with Crippen molar-refractivity contribution < 1.29 is 18.3 Å². The van der Waals surface area contributed by atoms with Crippen LogP contribution in [-0.4, -0.2) is 18.0 Å². The van der Waals surface area contributed by atoms with Gasteiger partial charge in [0, 0.05) is 6.07 Å². The van der Waals surface area contributed by atoms with Gasteiger partial charge in [0.1, 0.15) is 20.7 Å². The number of methoxy groups -OCH3 is 1. The minimum absolute atomic E-state index is 0.0113. The van der Waals surface area contributed by atoms with Gasteiger partial charge in [-0.05, 0) is 22.6 Å². The summed E-state index contributed by atoms with van der Waals surface area (Å²) in [7, 11) is 1.27. The Bertz CT molecular complexity index is 398. The molecule has 0 unspecified atom stereocenters. The third-order valence-corrected chi connectivity index (χ3v) is 2.21. The Hall–Kier alpha value is -0.990. The van der Waals surface area contributed by atoms with Crippen molar-refractivity contribution in [2.45, 2.75) is 6.43 Å². The molecule has 1 amide bonds. The summed E-state index contributed by atoms with van der Waals surface area (Å²) in [5, 5.41) is 0. The number of hydrogen-bond donors (Lipinski definition) is 1. The number of alkyl halides is 2. The first-order valence-corrected chi connectivity index (χ1v) is 4.87. The molecule has 0 aliphatic carbocycles. The normalized spacial score (nSPS) is 10.5. The van der Waals surface area contributed by atoms with Gasteiger partial charge in [-0.1, -0.05) is 0 Å². The third-order valence-electron chi connectivity index (χ3n) is 1.65. The number of carbonyl (C=O) groups is 1. The van der Waals surface area contributed by atoms with Crippen molar-refractivity contribution in [2.75, 3.05) is 7.11 Å². The Morgan fingerprint density at radius 2 is 2.27 bits per heavy atom. The van der Waals surface area contributed by atoms with Crippen LogP contribution in [0, 0.1) is 3.70 Å². The first-order chi connectivity index (χ1) is 6.97. The Kier molecular flexibility index (Phi) is 3.77. The lowest BCUT2D eigenvalue weighted by atomic mass is 10.1. The fourth-order valence-corrected chi connectivity index (χ4v) is 1.62. The molecule has 0 fully saturated rings. The highest BCUT2D eigenvalue weighted by Gasteiger charge is 2.23. The van der Waals surface area contributed by atoms with Crippen LogP contribution in [0.2, 0.25) is 0 Å². The maximum Gasteiger partial charge on any atom is 0.281 e. The molecule has 0 aliphatic rings. The van der Waals surface area contributed by atoms with Crippen molar-refractivity contribution in [3.05, 3.63) is 21.0 Å². The van der Waals surface area contributed by atoms with Gasteiger partial charge in [0.25, 0.3) is 12.3 Å². The van der Waals surface area contributed by atoms with E-state index in [1.54, 1.807) is 22.6 Å². The molecule has 0 bridgehead atoms. The lowest BCUT2D eigenvalue weighted by Gasteiger charge is -2.10. The van der Waals surface area contributed by atoms with Gasteiger partial charge < -0.3 is 10.5 Å². The monoisotopic (exact) mass is 328 g/mol. The van der Waals surface area contributed by atoms with Crippen LogP contribution >= 0.6 is 22.6 Å². The van der Waals surface area contributed by atoms with Gasteiger partial charge in [-0.25, -0.2) is 13.8 Å². The van der Waals surface area contributed by atoms with E-state index in [1.165, 1.54) is 13.2 Å². The fourth-order valence-electron chi connectivity index (χ4n) is 1.08. The fraction of sp³-hybridized carbons (Fsp3) is 0.250. The highest BCUT2D eigenvalue weighted by atomic mass is 127. The van der Waals surface area contributed by atoms with Crippen LogP contribution < -0.4 is 10.5 Å². The molecule has 1 aromatic heterocycles. The van der Waals surface area contributed by atoms with Crippen LogP contribution in [0.25, 0.3) is 0 Å². The maximum atomic E-state index is 12.6. The number of rotatable bonds is 3. The number of primary amides is 1. The average Bonchev–Trinajstić information content (AvgIpc) is 2.15. The zero-order valence-electron chi connectivity index (χ0n) is 7.63. The molecule has 15 heavy (non-hydrogen) atoms. The number of ether oxygens (including phenoxy) is 1. The molecule has 1 rings (SSSR count). The quantitative estimate of drug-likeness (QED) is 0.679. The molecule has 1 aromatic rings. The van der Waals surface area contributed by atoms with Crippen LogP contribution in [0.4, 0.5) is 8.78 Å². The highest BCUT2D eigenvalue weighted by molar-refractivity contribution is 14.1. The molecule has 0 aliphatic heterocycles. The van der Waals surface area contributed by atoms with Gasteiger partial charge in [0.15, 0.2) is 0 Å². The van der Waals surface area contributed by atoms with Crippen LogP contribution in [-0.2, 0) is 0 Å². The second kappa shape index (κ2) is 4.69. The Morgan fingerprint density at radius 1 is 1.67 bits per heavy atom. The second-order valence-electron chi connectivity index (χ2n) is 2.57. The molecule has 0 radical (unpaired) electrons. The van der Waals surface area contributed by atoms with E-state index in [4.69, 9.17) is 10.5 Å². The van der Waals surface area contributed by atoms with Gasteiger partial charge >= 0.3 is 0 Å². The molecule has 1 heterocycles. The number of pyridine rings is 1. The van der Waals surface area contributed by atoms with Crippen molar-refractivity contribution in [3.8, 4) is 5.75 Å². The van der Waals surface area contributed by atoms with Crippen molar-refractivity contribution in [2.24, 2.45) is 5.73 Å². The van der Waals surface area contributed by atoms with Crippen molar-refractivity contribution in [1.29, 1.82) is 0 Å². The minimum atomic E-state index is -2.86. The van der Waals surface area contributed by atoms with E-state index in [-0.39, 0.29) is 11.3 Å². The molecule has 82 valence electrons. The van der Waals surface area contributed by atoms with Crippen molar-refractivity contribution >= 4 is 28.5 Å². The summed E-state index contributed by atoms with van der Waals surface area (Å²) < 4.78 is 30.2. The van der Waals surface area contributed by atoms with E-state index in [1.807, 2.05) is 0 Å². The van der Waals surface area contributed by atoms with Crippen molar-refractivity contribution in [1.82, 2.24) is 4.98 Å². The molecule has 4 nitrogen and oxygen atoms in total. The van der Waals surface area contributed by atoms with Gasteiger partial charge in [0.2, 0.25) is 0 Å². The van der Waals surface area contributed by atoms with E-state index in [2.05, 4.69) is 4.98 Å². The average molecular weight is 328 g/mol. The van der Waals surface area contributed by atoms with Gasteiger partial charge in [-0.2, -0.15) is 0 Å². The number of hydrogen-bond acceptors (Lipinski definition) is 3. The standard InChI is InChI=1S/C8H7F2IN2O2/c1-15-3-2-4(11)13-6(7(9)10)5(3)8(12)14/h2,7H,1H3,(H2,12,14). The molecule has 7 heteroatoms. The SMILES string of the molecule is COc1cc(I)nc(C(F)F)c1C(N)=O. The van der Waals surface area contributed by atoms with Crippen LogP contribution in [0.15, 0.2) is 6.07 Å². The van der Waals surface area contributed by atoms with Gasteiger partial charge in [0.05, 0.1) is 7.11 Å². The smallest absolute Gasteiger partial charge is 0.281 e. The number of nitrogens with zero attached hydrogens (tertiary/aromatic N) is 1. The third kappa shape index (κ3) is 2.52. The molecular weight excluding hydrogens is 321 g/mol. The number of nitrogens with two attached hydrogens (primary N) is 1. The van der Waals surface area contributed by atoms with Gasteiger partial charge in [-0.15, -0.1) is 0 Å². The predicted octanol–water partition coefficient (Wildman–Crippen LogP) is 1.73. The van der Waals surface area contributed by atoms with Crippen molar-refractivity contribution in [3.63, 3.8) is 0 Å². The Morgan fingerprint density at radius 3 is 2.67 bits per heavy atom. The predicted molar refractivity (Wildman–Crippen MR) is 57.0 cm³/mol. The van der Waals surface area contributed by atoms with Crippen LogP contribution in [0.3, 0.4) is 0 Å². The summed E-state index contributed by atoms with van der Waals surface area (Å²) in [5.41, 5.74) is 3.97. The topological polar surface area (TPSA) is 65.2 Å². The number of halogens is 3. The second-order valence-corrected chi connectivity index (χ2v) is 3.68. The Labute approximate surface area is 98.0 Å². The summed E-state index contributed by atoms with van der Waals surface area (Å²) in [6, 6.07) is 1.37. The number of aromatic nitrogens is 1. The maximum absolute atomic E-state index is 12.6. The summed E-state index contributed by atoms with van der Waals surface area (Å²) in [4.78, 5) is 14.5. The zero-order valence-corrected chi connectivity index (χ0v) is 9.79. The largest absolute Gasteiger partial charge is 0.496 e. The van der Waals surface area contributed by atoms with E-state index in [0.29, 0.717) is 3.70 Å². The number of carbonyl (C=O) groups excluding carboxylic acids is 1. The molecule has 0 atom stereocenters. The Balaban J connectivity index is 3.47. The molecule has 0 spiro atoms. The first-order valence-electron chi connectivity index (χ1n) is 3.79. The van der Waals surface area contributed by atoms with E-state index in [0.717, 1.165) is 0 Å². The van der Waals surface area contributed by atoms with Crippen LogP contribution in [0.1, 0.15) is 22.5 Å². The summed E-state index contributed by atoms with van der Waals surface area (Å²) in [6.07, 6.45) is -2.86. The summed E-state index contributed by atoms with van der Waals surface area (Å²) in [5.74, 6) is -0.969. The lowest BCUT2D eigenvalue weighted by Crippen LogP contribution is -2.17.